The van der Waals surface area contributed by atoms with E-state index in [2.05, 4.69) is 10.3 Å². The molecule has 0 bridgehead atoms. The Morgan fingerprint density at radius 2 is 1.96 bits per heavy atom. The Morgan fingerprint density at radius 1 is 1.15 bits per heavy atom. The molecule has 7 nitrogen and oxygen atoms in total. The molecule has 1 amide bonds. The molecule has 1 aromatic heterocycles. The van der Waals surface area contributed by atoms with Gasteiger partial charge >= 0.3 is 0 Å². The number of ether oxygens (including phenoxy) is 2. The van der Waals surface area contributed by atoms with Crippen LogP contribution in [0.25, 0.3) is 10.9 Å². The van der Waals surface area contributed by atoms with Crippen LogP contribution in [-0.4, -0.2) is 29.7 Å². The predicted octanol–water partition coefficient (Wildman–Crippen LogP) is 0.988. The van der Waals surface area contributed by atoms with Crippen molar-refractivity contribution in [1.29, 1.82) is 0 Å². The summed E-state index contributed by atoms with van der Waals surface area (Å²) in [6.07, 6.45) is 1.86. The van der Waals surface area contributed by atoms with E-state index >= 15 is 0 Å². The molecule has 2 N–H and O–H groups in total. The third-order valence-electron chi connectivity index (χ3n) is 4.32. The largest absolute Gasteiger partial charge is 0.548 e. The van der Waals surface area contributed by atoms with Crippen LogP contribution in [0, 0.1) is 0 Å². The van der Waals surface area contributed by atoms with E-state index in [9.17, 15) is 14.7 Å². The Labute approximate surface area is 148 Å². The zero-order valence-corrected chi connectivity index (χ0v) is 13.7. The molecule has 0 aliphatic carbocycles. The molecule has 7 heteroatoms. The van der Waals surface area contributed by atoms with Gasteiger partial charge < -0.3 is 29.7 Å². The lowest BCUT2D eigenvalue weighted by Crippen LogP contribution is -2.49. The number of aliphatic carboxylic acids is 1. The van der Waals surface area contributed by atoms with Crippen LogP contribution in [0.1, 0.15) is 15.9 Å². The first-order valence-corrected chi connectivity index (χ1v) is 8.08. The number of aromatic nitrogens is 1. The van der Waals surface area contributed by atoms with Crippen LogP contribution in [0.5, 0.6) is 11.5 Å². The molecule has 2 heterocycles. The highest BCUT2D eigenvalue weighted by Crippen LogP contribution is 2.32. The minimum absolute atomic E-state index is 0.0998. The third kappa shape index (κ3) is 2.95. The van der Waals surface area contributed by atoms with Crippen LogP contribution >= 0.6 is 0 Å². The number of rotatable bonds is 5. The van der Waals surface area contributed by atoms with Gasteiger partial charge in [-0.25, -0.2) is 0 Å². The summed E-state index contributed by atoms with van der Waals surface area (Å²) in [6.45, 7) is 0.0998. The molecule has 0 unspecified atom stereocenters. The summed E-state index contributed by atoms with van der Waals surface area (Å²) in [5.41, 5.74) is 1.99. The van der Waals surface area contributed by atoms with Crippen molar-refractivity contribution in [2.24, 2.45) is 0 Å². The van der Waals surface area contributed by atoms with E-state index in [1.54, 1.807) is 18.3 Å². The van der Waals surface area contributed by atoms with Crippen molar-refractivity contribution < 1.29 is 24.2 Å². The molecule has 3 aromatic rings. The van der Waals surface area contributed by atoms with Gasteiger partial charge in [-0.15, -0.1) is 0 Å². The standard InChI is InChI=1S/C19H16N2O5/c22-18(11-5-6-16-17(8-11)26-10-25-16)21-15(19(23)24)7-12-9-20-14-4-2-1-3-13(12)14/h1-6,8-9,15,20H,7,10H2,(H,21,22)(H,23,24)/p-1/t15-/m0/s1. The molecular weight excluding hydrogens is 336 g/mol. The number of H-pyrrole nitrogens is 1. The average molecular weight is 351 g/mol. The lowest BCUT2D eigenvalue weighted by Gasteiger charge is -2.19. The van der Waals surface area contributed by atoms with Crippen LogP contribution in [0.3, 0.4) is 0 Å². The van der Waals surface area contributed by atoms with Gasteiger partial charge in [-0.2, -0.15) is 0 Å². The Hall–Kier alpha value is -3.48. The number of para-hydroxylation sites is 1. The van der Waals surface area contributed by atoms with Crippen molar-refractivity contribution in [3.8, 4) is 11.5 Å². The first-order valence-electron chi connectivity index (χ1n) is 8.08. The molecule has 0 saturated heterocycles. The maximum Gasteiger partial charge on any atom is 0.251 e. The van der Waals surface area contributed by atoms with E-state index in [0.29, 0.717) is 17.1 Å². The Kier molecular flexibility index (Phi) is 3.96. The Balaban J connectivity index is 1.53. The number of carboxylic acid groups (broad SMARTS) is 1. The summed E-state index contributed by atoms with van der Waals surface area (Å²) in [4.78, 5) is 27.1. The van der Waals surface area contributed by atoms with Gasteiger partial charge in [0.2, 0.25) is 6.79 Å². The molecule has 0 saturated carbocycles. The molecule has 1 atom stereocenters. The SMILES string of the molecule is O=C(N[C@@H](Cc1c[nH]c2ccccc12)C(=O)[O-])c1ccc2c(c1)OCO2. The number of fused-ring (bicyclic) bond motifs is 2. The number of carbonyl (C=O) groups excluding carboxylic acids is 2. The number of hydrogen-bond donors (Lipinski definition) is 2. The molecule has 0 fully saturated rings. The smallest absolute Gasteiger partial charge is 0.251 e. The van der Waals surface area contributed by atoms with E-state index in [0.717, 1.165) is 16.5 Å². The minimum Gasteiger partial charge on any atom is -0.548 e. The van der Waals surface area contributed by atoms with Gasteiger partial charge in [-0.3, -0.25) is 4.79 Å². The molecular formula is C19H15N2O5-. The van der Waals surface area contributed by atoms with Crippen LogP contribution in [0.15, 0.2) is 48.7 Å². The average Bonchev–Trinajstić information content (AvgIpc) is 3.27. The van der Waals surface area contributed by atoms with Crippen molar-refractivity contribution in [3.05, 3.63) is 59.8 Å². The molecule has 26 heavy (non-hydrogen) atoms. The van der Waals surface area contributed by atoms with Gasteiger partial charge in [-0.1, -0.05) is 18.2 Å². The van der Waals surface area contributed by atoms with Crippen molar-refractivity contribution >= 4 is 22.8 Å². The predicted molar refractivity (Wildman–Crippen MR) is 90.8 cm³/mol. The van der Waals surface area contributed by atoms with Crippen molar-refractivity contribution in [1.82, 2.24) is 10.3 Å². The quantitative estimate of drug-likeness (QED) is 0.713. The molecule has 1 aliphatic heterocycles. The first kappa shape index (κ1) is 16.0. The number of carboxylic acids is 1. The van der Waals surface area contributed by atoms with Crippen LogP contribution in [0.4, 0.5) is 0 Å². The third-order valence-corrected chi connectivity index (χ3v) is 4.32. The number of nitrogens with one attached hydrogen (secondary N) is 2. The van der Waals surface area contributed by atoms with E-state index < -0.39 is 17.9 Å². The minimum atomic E-state index is -1.34. The van der Waals surface area contributed by atoms with Gasteiger partial charge in [0, 0.05) is 29.1 Å². The van der Waals surface area contributed by atoms with Gasteiger partial charge in [0.05, 0.1) is 12.0 Å². The van der Waals surface area contributed by atoms with Crippen molar-refractivity contribution in [3.63, 3.8) is 0 Å². The number of amides is 1. The first-order chi connectivity index (χ1) is 12.6. The fraction of sp³-hybridized carbons (Fsp3) is 0.158. The van der Waals surface area contributed by atoms with Crippen LogP contribution in [-0.2, 0) is 11.2 Å². The molecule has 4 rings (SSSR count). The molecule has 2 aromatic carbocycles. The second-order valence-electron chi connectivity index (χ2n) is 5.98. The molecule has 0 radical (unpaired) electrons. The van der Waals surface area contributed by atoms with Gasteiger partial charge in [0.15, 0.2) is 11.5 Å². The Morgan fingerprint density at radius 3 is 2.81 bits per heavy atom. The number of benzene rings is 2. The van der Waals surface area contributed by atoms with Crippen molar-refractivity contribution in [2.45, 2.75) is 12.5 Å². The molecule has 0 spiro atoms. The highest BCUT2D eigenvalue weighted by atomic mass is 16.7. The second-order valence-corrected chi connectivity index (χ2v) is 5.98. The lowest BCUT2D eigenvalue weighted by atomic mass is 10.0. The summed E-state index contributed by atoms with van der Waals surface area (Å²) >= 11 is 0. The fourth-order valence-corrected chi connectivity index (χ4v) is 2.99. The lowest BCUT2D eigenvalue weighted by molar-refractivity contribution is -0.308. The second kappa shape index (κ2) is 6.44. The van der Waals surface area contributed by atoms with Crippen molar-refractivity contribution in [2.75, 3.05) is 6.79 Å². The van der Waals surface area contributed by atoms with E-state index in [1.165, 1.54) is 6.07 Å². The van der Waals surface area contributed by atoms with Crippen LogP contribution in [0.2, 0.25) is 0 Å². The van der Waals surface area contributed by atoms with E-state index in [-0.39, 0.29) is 13.2 Å². The highest BCUT2D eigenvalue weighted by molar-refractivity contribution is 5.97. The molecule has 1 aliphatic rings. The monoisotopic (exact) mass is 351 g/mol. The summed E-state index contributed by atoms with van der Waals surface area (Å²) in [7, 11) is 0. The molecule has 132 valence electrons. The maximum atomic E-state index is 12.4. The maximum absolute atomic E-state index is 12.4. The summed E-state index contributed by atoms with van der Waals surface area (Å²) < 4.78 is 10.4. The number of hydrogen-bond acceptors (Lipinski definition) is 5. The summed E-state index contributed by atoms with van der Waals surface area (Å²) in [5.74, 6) is -0.849. The zero-order chi connectivity index (χ0) is 18.1. The Bertz CT molecular complexity index is 995. The van der Waals surface area contributed by atoms with Crippen LogP contribution < -0.4 is 19.9 Å². The fourth-order valence-electron chi connectivity index (χ4n) is 2.99. The van der Waals surface area contributed by atoms with Gasteiger partial charge in [-0.05, 0) is 29.8 Å². The number of aromatic amines is 1. The van der Waals surface area contributed by atoms with E-state index in [1.807, 2.05) is 24.3 Å². The zero-order valence-electron chi connectivity index (χ0n) is 13.7. The summed E-state index contributed by atoms with van der Waals surface area (Å²) in [5, 5.41) is 15.0. The number of carbonyl (C=O) groups is 2. The van der Waals surface area contributed by atoms with E-state index in [4.69, 9.17) is 9.47 Å². The summed E-state index contributed by atoms with van der Waals surface area (Å²) in [6, 6.07) is 11.1. The van der Waals surface area contributed by atoms with Gasteiger partial charge in [0.25, 0.3) is 5.91 Å². The highest BCUT2D eigenvalue weighted by Gasteiger charge is 2.20. The normalized spacial score (nSPS) is 13.5. The van der Waals surface area contributed by atoms with Gasteiger partial charge in [0.1, 0.15) is 0 Å². The topological polar surface area (TPSA) is 103 Å².